The topological polar surface area (TPSA) is 89.7 Å². The van der Waals surface area contributed by atoms with Crippen LogP contribution >= 0.6 is 27.3 Å². The van der Waals surface area contributed by atoms with E-state index in [1.807, 2.05) is 24.3 Å². The molecule has 2 aromatic carbocycles. The third-order valence-electron chi connectivity index (χ3n) is 6.38. The first-order valence-corrected chi connectivity index (χ1v) is 13.5. The van der Waals surface area contributed by atoms with Crippen molar-refractivity contribution < 1.29 is 18.7 Å². The Morgan fingerprint density at radius 2 is 1.86 bits per heavy atom. The average molecular weight is 581 g/mol. The molecule has 1 aliphatic rings. The molecular weight excluding hydrogens is 556 g/mol. The van der Waals surface area contributed by atoms with Crippen LogP contribution in [-0.2, 0) is 10.2 Å². The molecule has 0 radical (unpaired) electrons. The van der Waals surface area contributed by atoms with E-state index in [2.05, 4.69) is 41.7 Å². The van der Waals surface area contributed by atoms with Crippen LogP contribution in [0.3, 0.4) is 0 Å². The summed E-state index contributed by atoms with van der Waals surface area (Å²) in [6.45, 7) is 10.0. The number of aryl methyl sites for hydroxylation is 1. The molecule has 9 heteroatoms. The standard InChI is InChI=1S/C28H25BrN2O5S/c1-6-35-26(34)24-14(2)30-27(37-24)31-21(15-7-9-16(10-8-15)28(3,4)5)20-22(32)18-13-17(29)11-12-19(18)36-23(20)25(31)33/h7-13,21H,6H2,1-5H3. The second-order valence-corrected chi connectivity index (χ2v) is 11.8. The maximum absolute atomic E-state index is 13.8. The van der Waals surface area contributed by atoms with Gasteiger partial charge < -0.3 is 9.15 Å². The summed E-state index contributed by atoms with van der Waals surface area (Å²) in [6, 6.07) is 12.2. The highest BCUT2D eigenvalue weighted by Gasteiger charge is 2.45. The Balaban J connectivity index is 1.74. The lowest BCUT2D eigenvalue weighted by Gasteiger charge is -2.24. The van der Waals surface area contributed by atoms with Gasteiger partial charge in [0, 0.05) is 4.47 Å². The molecule has 0 spiro atoms. The Kier molecular flexibility index (Phi) is 6.32. The normalized spacial score (nSPS) is 15.4. The number of anilines is 1. The minimum atomic E-state index is -0.767. The molecule has 1 atom stereocenters. The smallest absolute Gasteiger partial charge is 0.350 e. The molecule has 1 amide bonds. The summed E-state index contributed by atoms with van der Waals surface area (Å²) in [4.78, 5) is 46.5. The van der Waals surface area contributed by atoms with Gasteiger partial charge in [0.1, 0.15) is 10.5 Å². The molecular formula is C28H25BrN2O5S. The van der Waals surface area contributed by atoms with Crippen molar-refractivity contribution in [3.05, 3.63) is 90.2 Å². The van der Waals surface area contributed by atoms with Crippen LogP contribution in [0.1, 0.15) is 76.3 Å². The summed E-state index contributed by atoms with van der Waals surface area (Å²) in [6.07, 6.45) is 0. The van der Waals surface area contributed by atoms with Crippen molar-refractivity contribution >= 4 is 55.2 Å². The van der Waals surface area contributed by atoms with Crippen LogP contribution in [0.15, 0.2) is 56.1 Å². The molecule has 4 aromatic rings. The number of ether oxygens (including phenoxy) is 1. The van der Waals surface area contributed by atoms with E-state index in [1.54, 1.807) is 32.0 Å². The van der Waals surface area contributed by atoms with Crippen molar-refractivity contribution in [2.24, 2.45) is 0 Å². The zero-order valence-electron chi connectivity index (χ0n) is 21.0. The van der Waals surface area contributed by atoms with Gasteiger partial charge in [-0.2, -0.15) is 0 Å². The van der Waals surface area contributed by atoms with Crippen LogP contribution in [0.25, 0.3) is 11.0 Å². The number of thiazole rings is 1. The number of carbonyl (C=O) groups excluding carboxylic acids is 2. The largest absolute Gasteiger partial charge is 0.462 e. The van der Waals surface area contributed by atoms with Gasteiger partial charge in [0.05, 0.1) is 29.3 Å². The van der Waals surface area contributed by atoms with Gasteiger partial charge >= 0.3 is 5.97 Å². The minimum Gasteiger partial charge on any atom is -0.462 e. The Morgan fingerprint density at radius 1 is 1.16 bits per heavy atom. The summed E-state index contributed by atoms with van der Waals surface area (Å²) >= 11 is 4.49. The van der Waals surface area contributed by atoms with E-state index in [9.17, 15) is 14.4 Å². The molecule has 0 bridgehead atoms. The predicted molar refractivity (Wildman–Crippen MR) is 147 cm³/mol. The molecule has 0 N–H and O–H groups in total. The highest BCUT2D eigenvalue weighted by molar-refractivity contribution is 9.10. The van der Waals surface area contributed by atoms with Crippen molar-refractivity contribution in [3.63, 3.8) is 0 Å². The van der Waals surface area contributed by atoms with E-state index in [0.717, 1.165) is 26.9 Å². The molecule has 5 rings (SSSR count). The number of halogens is 1. The molecule has 7 nitrogen and oxygen atoms in total. The number of amides is 1. The third-order valence-corrected chi connectivity index (χ3v) is 8.01. The monoisotopic (exact) mass is 580 g/mol. The van der Waals surface area contributed by atoms with E-state index in [1.165, 1.54) is 4.90 Å². The van der Waals surface area contributed by atoms with Gasteiger partial charge in [0.2, 0.25) is 5.76 Å². The van der Waals surface area contributed by atoms with Crippen molar-refractivity contribution in [3.8, 4) is 0 Å². The number of hydrogen-bond donors (Lipinski definition) is 0. The molecule has 1 unspecified atom stereocenters. The lowest BCUT2D eigenvalue weighted by molar-refractivity contribution is 0.0531. The van der Waals surface area contributed by atoms with E-state index >= 15 is 0 Å². The van der Waals surface area contributed by atoms with Crippen LogP contribution in [0, 0.1) is 6.92 Å². The quantitative estimate of drug-likeness (QED) is 0.254. The van der Waals surface area contributed by atoms with Crippen molar-refractivity contribution in [2.45, 2.75) is 46.1 Å². The van der Waals surface area contributed by atoms with E-state index in [0.29, 0.717) is 26.7 Å². The number of hydrogen-bond acceptors (Lipinski definition) is 7. The molecule has 1 aliphatic heterocycles. The Labute approximate surface area is 226 Å². The molecule has 0 aliphatic carbocycles. The van der Waals surface area contributed by atoms with Gasteiger partial charge in [0.15, 0.2) is 10.6 Å². The third kappa shape index (κ3) is 4.30. The molecule has 0 saturated carbocycles. The van der Waals surface area contributed by atoms with Crippen molar-refractivity contribution in [2.75, 3.05) is 11.5 Å². The van der Waals surface area contributed by atoms with Gasteiger partial charge in [-0.15, -0.1) is 0 Å². The van der Waals surface area contributed by atoms with Gasteiger partial charge in [-0.25, -0.2) is 9.78 Å². The molecule has 2 aromatic heterocycles. The van der Waals surface area contributed by atoms with Crippen LogP contribution in [0.4, 0.5) is 5.13 Å². The first kappa shape index (κ1) is 25.4. The minimum absolute atomic E-state index is 0.0183. The van der Waals surface area contributed by atoms with Gasteiger partial charge in [-0.1, -0.05) is 72.3 Å². The molecule has 0 fully saturated rings. The Hall–Kier alpha value is -3.30. The summed E-state index contributed by atoms with van der Waals surface area (Å²) in [5, 5.41) is 0.674. The fourth-order valence-corrected chi connectivity index (χ4v) is 5.84. The zero-order valence-corrected chi connectivity index (χ0v) is 23.5. The molecule has 190 valence electrons. The number of aromatic nitrogens is 1. The number of carbonyl (C=O) groups is 2. The first-order chi connectivity index (χ1) is 17.5. The van der Waals surface area contributed by atoms with Gasteiger partial charge in [-0.3, -0.25) is 14.5 Å². The average Bonchev–Trinajstić information content (AvgIpc) is 3.37. The lowest BCUT2D eigenvalue weighted by atomic mass is 9.86. The van der Waals surface area contributed by atoms with Crippen molar-refractivity contribution in [1.82, 2.24) is 4.98 Å². The number of rotatable bonds is 4. The highest BCUT2D eigenvalue weighted by atomic mass is 79.9. The van der Waals surface area contributed by atoms with E-state index in [4.69, 9.17) is 9.15 Å². The van der Waals surface area contributed by atoms with Crippen LogP contribution in [0.2, 0.25) is 0 Å². The fourth-order valence-electron chi connectivity index (χ4n) is 4.49. The Morgan fingerprint density at radius 3 is 2.51 bits per heavy atom. The molecule has 0 saturated heterocycles. The summed E-state index contributed by atoms with van der Waals surface area (Å²) in [5.41, 5.74) is 2.55. The van der Waals surface area contributed by atoms with E-state index < -0.39 is 17.9 Å². The van der Waals surface area contributed by atoms with Crippen molar-refractivity contribution in [1.29, 1.82) is 0 Å². The number of benzene rings is 2. The van der Waals surface area contributed by atoms with Gasteiger partial charge in [0.25, 0.3) is 5.91 Å². The molecule has 37 heavy (non-hydrogen) atoms. The predicted octanol–water partition coefficient (Wildman–Crippen LogP) is 6.54. The van der Waals surface area contributed by atoms with Crippen LogP contribution in [0.5, 0.6) is 0 Å². The number of esters is 1. The van der Waals surface area contributed by atoms with Crippen LogP contribution < -0.4 is 10.3 Å². The van der Waals surface area contributed by atoms with Gasteiger partial charge in [-0.05, 0) is 48.6 Å². The lowest BCUT2D eigenvalue weighted by Crippen LogP contribution is -2.29. The fraction of sp³-hybridized carbons (Fsp3) is 0.286. The van der Waals surface area contributed by atoms with Crippen LogP contribution in [-0.4, -0.2) is 23.5 Å². The zero-order chi connectivity index (χ0) is 26.6. The number of nitrogens with zero attached hydrogens (tertiary/aromatic N) is 2. The Bertz CT molecular complexity index is 1610. The SMILES string of the molecule is CCOC(=O)c1sc(N2C(=O)c3oc4ccc(Br)cc4c(=O)c3C2c2ccc(C(C)(C)C)cc2)nc1C. The first-order valence-electron chi connectivity index (χ1n) is 11.9. The number of fused-ring (bicyclic) bond motifs is 2. The summed E-state index contributed by atoms with van der Waals surface area (Å²) < 4.78 is 11.9. The molecule has 3 heterocycles. The second-order valence-electron chi connectivity index (χ2n) is 9.90. The maximum atomic E-state index is 13.8. The highest BCUT2D eigenvalue weighted by Crippen LogP contribution is 2.43. The maximum Gasteiger partial charge on any atom is 0.350 e. The summed E-state index contributed by atoms with van der Waals surface area (Å²) in [7, 11) is 0. The summed E-state index contributed by atoms with van der Waals surface area (Å²) in [5.74, 6) is -0.995. The van der Waals surface area contributed by atoms with E-state index in [-0.39, 0.29) is 28.8 Å². The second kappa shape index (κ2) is 9.22.